The molecule has 0 aromatic heterocycles. The molecule has 2 spiro atoms. The van der Waals surface area contributed by atoms with E-state index in [2.05, 4.69) is 16.0 Å². The molecule has 4 heterocycles. The number of halogens is 2. The molecule has 2 saturated carbocycles. The molecule has 0 bridgehead atoms. The van der Waals surface area contributed by atoms with Crippen molar-refractivity contribution in [2.24, 2.45) is 5.92 Å². The zero-order valence-corrected chi connectivity index (χ0v) is 33.2. The first-order chi connectivity index (χ1) is 27.3. The number of amides is 5. The Kier molecular flexibility index (Phi) is 15.2. The zero-order valence-electron chi connectivity index (χ0n) is 31.7. The van der Waals surface area contributed by atoms with E-state index >= 15 is 0 Å². The van der Waals surface area contributed by atoms with Gasteiger partial charge in [0.15, 0.2) is 0 Å². The molecule has 15 nitrogen and oxygen atoms in total. The van der Waals surface area contributed by atoms with Gasteiger partial charge in [0.1, 0.15) is 11.1 Å². The minimum Gasteiger partial charge on any atom is -0.393 e. The predicted molar refractivity (Wildman–Crippen MR) is 207 cm³/mol. The lowest BCUT2D eigenvalue weighted by Crippen LogP contribution is -2.73. The molecule has 2 aromatic rings. The summed E-state index contributed by atoms with van der Waals surface area (Å²) >= 11 is 11.8. The number of likely N-dealkylation sites (tertiary alicyclic amines) is 1. The first-order valence-corrected chi connectivity index (χ1v) is 20.1. The summed E-state index contributed by atoms with van der Waals surface area (Å²) in [5, 5.41) is 28.3. The van der Waals surface area contributed by atoms with E-state index in [1.807, 2.05) is 24.3 Å². The minimum absolute atomic E-state index is 0.00532. The molecule has 0 atom stereocenters. The molecule has 6 fully saturated rings. The summed E-state index contributed by atoms with van der Waals surface area (Å²) in [7, 11) is 0. The topological polar surface area (TPSA) is 206 Å². The molecule has 6 aliphatic rings. The van der Waals surface area contributed by atoms with Crippen molar-refractivity contribution in [2.75, 3.05) is 39.3 Å². The Hall–Kier alpha value is -4.37. The predicted octanol–water partition coefficient (Wildman–Crippen LogP) is 1.80. The monoisotopic (exact) mass is 828 g/mol. The van der Waals surface area contributed by atoms with Crippen LogP contribution in [0.4, 0.5) is 0 Å². The number of piperazine rings is 2. The number of carbonyl (C=O) groups is 5. The minimum atomic E-state index is -0.954. The SMILES string of the molecule is O=C(C1CC2(C1)C(=O)NCC(=O)N2Cc1ccc(Cl)cc1)N1CCC(O)CC1.O=C1CNC(=O)C2(CCC2)N1Cc1ccc(Cl)cc1.O=C=O.OC1CCNCC1. The van der Waals surface area contributed by atoms with Crippen LogP contribution in [0.1, 0.15) is 68.9 Å². The van der Waals surface area contributed by atoms with E-state index in [0.717, 1.165) is 56.3 Å². The van der Waals surface area contributed by atoms with Gasteiger partial charge in [0.05, 0.1) is 25.3 Å². The molecule has 0 unspecified atom stereocenters. The average Bonchev–Trinajstić information content (AvgIpc) is 3.16. The maximum absolute atomic E-state index is 12.8. The van der Waals surface area contributed by atoms with Crippen LogP contribution in [0, 0.1) is 5.92 Å². The van der Waals surface area contributed by atoms with Crippen molar-refractivity contribution in [1.29, 1.82) is 0 Å². The summed E-state index contributed by atoms with van der Waals surface area (Å²) in [6.07, 6.45) is 6.13. The summed E-state index contributed by atoms with van der Waals surface area (Å²) in [6, 6.07) is 14.6. The third-order valence-electron chi connectivity index (χ3n) is 11.6. The van der Waals surface area contributed by atoms with Gasteiger partial charge in [-0.15, -0.1) is 0 Å². The second-order valence-corrected chi connectivity index (χ2v) is 16.1. The van der Waals surface area contributed by atoms with Crippen molar-refractivity contribution in [3.63, 3.8) is 0 Å². The van der Waals surface area contributed by atoms with Crippen LogP contribution in [0.15, 0.2) is 48.5 Å². The van der Waals surface area contributed by atoms with E-state index in [9.17, 15) is 29.1 Å². The highest BCUT2D eigenvalue weighted by molar-refractivity contribution is 6.30. The third-order valence-corrected chi connectivity index (χ3v) is 12.1. The normalized spacial score (nSPS) is 24.2. The zero-order chi connectivity index (χ0) is 41.2. The molecule has 308 valence electrons. The van der Waals surface area contributed by atoms with Gasteiger partial charge in [-0.3, -0.25) is 24.0 Å². The molecular weight excluding hydrogens is 779 g/mol. The number of aliphatic hydroxyl groups is 2. The van der Waals surface area contributed by atoms with Gasteiger partial charge < -0.3 is 40.9 Å². The van der Waals surface area contributed by atoms with Crippen molar-refractivity contribution in [2.45, 2.75) is 94.2 Å². The number of aliphatic hydroxyl groups excluding tert-OH is 2. The highest BCUT2D eigenvalue weighted by Crippen LogP contribution is 2.46. The van der Waals surface area contributed by atoms with Crippen molar-refractivity contribution in [1.82, 2.24) is 30.7 Å². The van der Waals surface area contributed by atoms with Crippen LogP contribution < -0.4 is 16.0 Å². The summed E-state index contributed by atoms with van der Waals surface area (Å²) in [5.41, 5.74) is 0.338. The van der Waals surface area contributed by atoms with E-state index < -0.39 is 11.1 Å². The summed E-state index contributed by atoms with van der Waals surface area (Å²) in [4.78, 5) is 83.7. The van der Waals surface area contributed by atoms with Gasteiger partial charge in [0.25, 0.3) is 0 Å². The van der Waals surface area contributed by atoms with Gasteiger partial charge in [-0.25, -0.2) is 0 Å². The fraction of sp³-hybridized carbons (Fsp3) is 0.550. The van der Waals surface area contributed by atoms with Gasteiger partial charge in [0, 0.05) is 42.1 Å². The molecule has 2 aliphatic carbocycles. The highest BCUT2D eigenvalue weighted by Gasteiger charge is 2.60. The third kappa shape index (κ3) is 10.6. The van der Waals surface area contributed by atoms with Crippen LogP contribution in [-0.4, -0.2) is 123 Å². The molecular formula is C40H50Cl2N6O9. The molecule has 8 rings (SSSR count). The van der Waals surface area contributed by atoms with Crippen molar-refractivity contribution >= 4 is 58.9 Å². The lowest BCUT2D eigenvalue weighted by Gasteiger charge is -2.55. The lowest BCUT2D eigenvalue weighted by molar-refractivity contribution is -0.191. The first-order valence-electron chi connectivity index (χ1n) is 19.3. The van der Waals surface area contributed by atoms with E-state index in [-0.39, 0.29) is 66.9 Å². The molecule has 4 saturated heterocycles. The van der Waals surface area contributed by atoms with Gasteiger partial charge in [-0.2, -0.15) is 9.59 Å². The van der Waals surface area contributed by atoms with Crippen LogP contribution in [0.2, 0.25) is 10.0 Å². The van der Waals surface area contributed by atoms with Crippen LogP contribution in [0.5, 0.6) is 0 Å². The van der Waals surface area contributed by atoms with E-state index in [4.69, 9.17) is 37.9 Å². The van der Waals surface area contributed by atoms with Crippen LogP contribution >= 0.6 is 23.2 Å². The second-order valence-electron chi connectivity index (χ2n) is 15.2. The van der Waals surface area contributed by atoms with Crippen LogP contribution in [0.3, 0.4) is 0 Å². The van der Waals surface area contributed by atoms with Gasteiger partial charge in [-0.05, 0) is 106 Å². The number of hydrogen-bond donors (Lipinski definition) is 5. The summed E-state index contributed by atoms with van der Waals surface area (Å²) < 4.78 is 0. The standard InChI is InChI=1S/C20H24ClN3O4.C14H15ClN2O2.C5H11NO.CO2/c21-15-3-1-13(2-4-15)12-24-17(26)11-22-19(28)20(24)9-14(10-20)18(27)23-7-5-16(25)6-8-23;15-11-4-2-10(3-5-11)9-17-12(18)8-16-13(19)14(17)6-1-7-14;7-5-1-3-6-4-2-5;2-1-3/h1-4,14,16,25H,5-12H2,(H,22,28);2-5H,1,6-9H2,(H,16,19);5-7H,1-4H2;. The maximum Gasteiger partial charge on any atom is 0.373 e. The molecule has 0 radical (unpaired) electrons. The summed E-state index contributed by atoms with van der Waals surface area (Å²) in [5.74, 6) is -0.573. The second kappa shape index (κ2) is 19.9. The quantitative estimate of drug-likeness (QED) is 0.296. The number of carbonyl (C=O) groups excluding carboxylic acids is 7. The summed E-state index contributed by atoms with van der Waals surface area (Å²) in [6.45, 7) is 3.95. The van der Waals surface area contributed by atoms with E-state index in [1.54, 1.807) is 39.0 Å². The molecule has 57 heavy (non-hydrogen) atoms. The molecule has 5 N–H and O–H groups in total. The number of nitrogens with one attached hydrogen (secondary N) is 3. The Morgan fingerprint density at radius 3 is 1.53 bits per heavy atom. The first kappa shape index (κ1) is 43.7. The molecule has 2 aromatic carbocycles. The van der Waals surface area contributed by atoms with Crippen molar-refractivity contribution in [3.05, 3.63) is 69.7 Å². The number of nitrogens with zero attached hydrogens (tertiary/aromatic N) is 3. The average molecular weight is 830 g/mol. The van der Waals surface area contributed by atoms with E-state index in [1.165, 1.54) is 0 Å². The Bertz CT molecular complexity index is 1770. The number of hydrogen-bond acceptors (Lipinski definition) is 10. The Balaban J connectivity index is 0.000000183. The highest BCUT2D eigenvalue weighted by atomic mass is 35.5. The van der Waals surface area contributed by atoms with Crippen LogP contribution in [0.25, 0.3) is 0 Å². The molecule has 17 heteroatoms. The number of piperidine rings is 2. The Labute approximate surface area is 341 Å². The van der Waals surface area contributed by atoms with Crippen molar-refractivity contribution in [3.8, 4) is 0 Å². The fourth-order valence-corrected chi connectivity index (χ4v) is 8.33. The van der Waals surface area contributed by atoms with Crippen molar-refractivity contribution < 1.29 is 43.8 Å². The van der Waals surface area contributed by atoms with E-state index in [0.29, 0.717) is 61.9 Å². The molecule has 5 amide bonds. The van der Waals surface area contributed by atoms with Crippen LogP contribution in [-0.2, 0) is 46.7 Å². The maximum atomic E-state index is 12.8. The number of benzene rings is 2. The van der Waals surface area contributed by atoms with Gasteiger partial charge in [-0.1, -0.05) is 47.5 Å². The smallest absolute Gasteiger partial charge is 0.373 e. The lowest BCUT2D eigenvalue weighted by atomic mass is 9.65. The van der Waals surface area contributed by atoms with Gasteiger partial charge >= 0.3 is 6.15 Å². The Morgan fingerprint density at radius 1 is 0.702 bits per heavy atom. The largest absolute Gasteiger partial charge is 0.393 e. The molecule has 4 aliphatic heterocycles. The number of rotatable bonds is 5. The Morgan fingerprint density at radius 2 is 1.12 bits per heavy atom. The van der Waals surface area contributed by atoms with Gasteiger partial charge in [0.2, 0.25) is 29.5 Å². The fourth-order valence-electron chi connectivity index (χ4n) is 8.07.